The molecule has 0 heterocycles. The molecule has 0 aliphatic heterocycles. The molecule has 1 rings (SSSR count). The van der Waals surface area contributed by atoms with Gasteiger partial charge in [0.2, 0.25) is 0 Å². The fourth-order valence-corrected chi connectivity index (χ4v) is 8.49. The summed E-state index contributed by atoms with van der Waals surface area (Å²) in [5.74, 6) is -1.22. The van der Waals surface area contributed by atoms with E-state index in [-0.39, 0.29) is 12.8 Å². The fourth-order valence-electron chi connectivity index (χ4n) is 6.95. The molecule has 1 saturated carbocycles. The summed E-state index contributed by atoms with van der Waals surface area (Å²) in [7, 11) is -10.7. The van der Waals surface area contributed by atoms with Crippen LogP contribution in [0.15, 0.2) is 24.3 Å². The summed E-state index contributed by atoms with van der Waals surface area (Å²) in [5, 5.41) is 41.2. The van der Waals surface area contributed by atoms with Gasteiger partial charge < -0.3 is 44.6 Å². The normalized spacial score (nSPS) is 22.4. The van der Waals surface area contributed by atoms with Crippen LogP contribution in [-0.4, -0.2) is 103 Å². The van der Waals surface area contributed by atoms with Crippen LogP contribution in [0.1, 0.15) is 181 Å². The topological polar surface area (TPSA) is 256 Å². The molecule has 18 heteroatoms. The van der Waals surface area contributed by atoms with Crippen LogP contribution in [-0.2, 0) is 41.8 Å². The molecule has 8 unspecified atom stereocenters. The quantitative estimate of drug-likeness (QED) is 0.0133. The predicted molar refractivity (Wildman–Crippen MR) is 232 cm³/mol. The third-order valence-electron chi connectivity index (χ3n) is 10.5. The highest BCUT2D eigenvalue weighted by molar-refractivity contribution is 7.47. The van der Waals surface area contributed by atoms with Gasteiger partial charge in [-0.3, -0.25) is 23.2 Å². The number of hydrogen-bond acceptors (Lipinski definition) is 13. The molecule has 358 valence electrons. The molecule has 1 aliphatic rings. The Balaban J connectivity index is 2.61. The Morgan fingerprint density at radius 2 is 0.984 bits per heavy atom. The molecule has 7 N–H and O–H groups in total. The van der Waals surface area contributed by atoms with Gasteiger partial charge in [-0.1, -0.05) is 154 Å². The Labute approximate surface area is 364 Å². The summed E-state index contributed by atoms with van der Waals surface area (Å²) in [6.07, 6.45) is 20.0. The number of carbonyl (C=O) groups excluding carboxylic acids is 2. The van der Waals surface area contributed by atoms with Crippen molar-refractivity contribution in [1.82, 2.24) is 0 Å². The number of unbranched alkanes of at least 4 members (excludes halogenated alkanes) is 20. The molecule has 0 aromatic heterocycles. The second-order valence-corrected chi connectivity index (χ2v) is 18.7. The summed E-state index contributed by atoms with van der Waals surface area (Å²) in [5.41, 5.74) is 0. The minimum atomic E-state index is -5.36. The van der Waals surface area contributed by atoms with Gasteiger partial charge >= 0.3 is 27.6 Å². The Bertz CT molecular complexity index is 1290. The maximum absolute atomic E-state index is 13.0. The van der Waals surface area contributed by atoms with Gasteiger partial charge in [-0.25, -0.2) is 9.13 Å². The molecule has 0 spiro atoms. The number of aliphatic hydroxyl groups excluding tert-OH is 4. The van der Waals surface area contributed by atoms with Crippen molar-refractivity contribution in [2.24, 2.45) is 0 Å². The number of phosphoric acid groups is 2. The van der Waals surface area contributed by atoms with Gasteiger partial charge in [-0.2, -0.15) is 0 Å². The van der Waals surface area contributed by atoms with E-state index in [9.17, 15) is 44.0 Å². The number of carbonyl (C=O) groups is 2. The molecule has 16 nitrogen and oxygen atoms in total. The molecule has 0 amide bonds. The van der Waals surface area contributed by atoms with E-state index in [2.05, 4.69) is 42.7 Å². The molecule has 0 saturated heterocycles. The summed E-state index contributed by atoms with van der Waals surface area (Å²) in [6, 6.07) is 0. The second-order valence-electron chi connectivity index (χ2n) is 16.1. The van der Waals surface area contributed by atoms with E-state index in [0.29, 0.717) is 12.8 Å². The van der Waals surface area contributed by atoms with Gasteiger partial charge in [-0.05, 0) is 38.5 Å². The summed E-state index contributed by atoms with van der Waals surface area (Å²) >= 11 is 0. The number of aliphatic hydroxyl groups is 4. The lowest BCUT2D eigenvalue weighted by molar-refractivity contribution is -0.216. The van der Waals surface area contributed by atoms with Crippen LogP contribution in [0.3, 0.4) is 0 Å². The lowest BCUT2D eigenvalue weighted by atomic mass is 9.85. The lowest BCUT2D eigenvalue weighted by Gasteiger charge is -2.43. The minimum Gasteiger partial charge on any atom is -0.462 e. The largest absolute Gasteiger partial charge is 0.472 e. The zero-order valence-corrected chi connectivity index (χ0v) is 38.6. The van der Waals surface area contributed by atoms with Crippen molar-refractivity contribution in [1.29, 1.82) is 0 Å². The van der Waals surface area contributed by atoms with Crippen LogP contribution in [0.2, 0.25) is 0 Å². The molecule has 0 aromatic rings. The first-order valence-corrected chi connectivity index (χ1v) is 25.9. The summed E-state index contributed by atoms with van der Waals surface area (Å²) in [6.45, 7) is 3.03. The smallest absolute Gasteiger partial charge is 0.462 e. The average molecular weight is 915 g/mol. The van der Waals surface area contributed by atoms with E-state index in [1.54, 1.807) is 0 Å². The van der Waals surface area contributed by atoms with Gasteiger partial charge in [-0.15, -0.1) is 0 Å². The molecule has 0 aromatic carbocycles. The Morgan fingerprint density at radius 1 is 0.525 bits per heavy atom. The van der Waals surface area contributed by atoms with Gasteiger partial charge in [0.1, 0.15) is 43.2 Å². The minimum absolute atomic E-state index is 0.0451. The van der Waals surface area contributed by atoms with Crippen molar-refractivity contribution in [2.45, 2.75) is 224 Å². The number of esters is 2. The molecule has 0 radical (unpaired) electrons. The van der Waals surface area contributed by atoms with Gasteiger partial charge in [0.15, 0.2) is 6.10 Å². The fraction of sp³-hybridized carbons (Fsp3) is 0.860. The third kappa shape index (κ3) is 29.5. The van der Waals surface area contributed by atoms with Crippen LogP contribution in [0.25, 0.3) is 0 Å². The van der Waals surface area contributed by atoms with Crippen LogP contribution in [0.4, 0.5) is 0 Å². The van der Waals surface area contributed by atoms with E-state index >= 15 is 0 Å². The van der Waals surface area contributed by atoms with Gasteiger partial charge in [0, 0.05) is 12.8 Å². The van der Waals surface area contributed by atoms with Crippen LogP contribution in [0, 0.1) is 0 Å². The van der Waals surface area contributed by atoms with Crippen molar-refractivity contribution in [3.05, 3.63) is 24.3 Å². The molecule has 1 fully saturated rings. The van der Waals surface area contributed by atoms with E-state index < -0.39 is 83.5 Å². The maximum Gasteiger partial charge on any atom is 0.472 e. The van der Waals surface area contributed by atoms with E-state index in [1.807, 2.05) is 0 Å². The molecular formula is C43H80O16P2. The molecule has 61 heavy (non-hydrogen) atoms. The van der Waals surface area contributed by atoms with Gasteiger partial charge in [0.05, 0.1) is 6.61 Å². The van der Waals surface area contributed by atoms with Crippen molar-refractivity contribution in [3.8, 4) is 0 Å². The highest BCUT2D eigenvalue weighted by Crippen LogP contribution is 2.49. The highest BCUT2D eigenvalue weighted by atomic mass is 31.2. The standard InChI is InChI=1S/C43H80O16P2/c1-3-5-7-9-11-13-15-17-18-20-22-24-26-28-30-32-37(45)57-35(33-55-36(44)31-29-27-25-23-21-19-16-14-12-10-8-6-4-2)34-56-61(53,54)59-43-40(48)38(46)39(47)42(41(43)49)58-60(50,51)52/h8,10,14,16,35,38-43,46-49H,3-7,9,11-13,15,17-34H2,1-2H3,(H,53,54)(H2,50,51,52). The van der Waals surface area contributed by atoms with Crippen molar-refractivity contribution >= 4 is 27.6 Å². The number of hydrogen-bond donors (Lipinski definition) is 7. The van der Waals surface area contributed by atoms with Crippen LogP contribution >= 0.6 is 15.6 Å². The molecule has 0 bridgehead atoms. The van der Waals surface area contributed by atoms with Crippen molar-refractivity contribution in [2.75, 3.05) is 13.2 Å². The van der Waals surface area contributed by atoms with Crippen LogP contribution in [0.5, 0.6) is 0 Å². The molecule has 8 atom stereocenters. The number of rotatable bonds is 38. The second kappa shape index (κ2) is 34.8. The van der Waals surface area contributed by atoms with Crippen molar-refractivity contribution in [3.63, 3.8) is 0 Å². The zero-order valence-electron chi connectivity index (χ0n) is 36.8. The summed E-state index contributed by atoms with van der Waals surface area (Å²) < 4.78 is 49.3. The third-order valence-corrected chi connectivity index (χ3v) is 12.0. The first-order valence-electron chi connectivity index (χ1n) is 22.9. The first-order chi connectivity index (χ1) is 29.1. The monoisotopic (exact) mass is 914 g/mol. The van der Waals surface area contributed by atoms with Gasteiger partial charge in [0.25, 0.3) is 0 Å². The van der Waals surface area contributed by atoms with E-state index in [1.165, 1.54) is 64.2 Å². The predicted octanol–water partition coefficient (Wildman–Crippen LogP) is 8.17. The number of ether oxygens (including phenoxy) is 2. The Kier molecular flexibility index (Phi) is 32.8. The molecular weight excluding hydrogens is 834 g/mol. The molecule has 1 aliphatic carbocycles. The lowest BCUT2D eigenvalue weighted by Crippen LogP contribution is -2.64. The summed E-state index contributed by atoms with van der Waals surface area (Å²) in [4.78, 5) is 54.2. The highest BCUT2D eigenvalue weighted by Gasteiger charge is 2.54. The Morgan fingerprint density at radius 3 is 1.49 bits per heavy atom. The number of allylic oxidation sites excluding steroid dienone is 4. The Hall–Kier alpha value is -1.52. The SMILES string of the molecule is CCCC=CCC=CCCCCCCCC(=O)OCC(COP(=O)(O)OC1C(O)C(O)C(O)C(OP(=O)(O)O)C1O)OC(=O)CCCCCCCCCCCCCCCCC. The average Bonchev–Trinajstić information content (AvgIpc) is 3.21. The van der Waals surface area contributed by atoms with E-state index in [4.69, 9.17) is 28.3 Å². The van der Waals surface area contributed by atoms with Crippen molar-refractivity contribution < 1.29 is 76.9 Å². The first kappa shape index (κ1) is 57.5. The zero-order chi connectivity index (χ0) is 45.4. The maximum atomic E-state index is 13.0. The number of phosphoric ester groups is 2. The van der Waals surface area contributed by atoms with Crippen LogP contribution < -0.4 is 0 Å². The van der Waals surface area contributed by atoms with E-state index in [0.717, 1.165) is 77.0 Å².